The fraction of sp³-hybridized carbons (Fsp3) is 0.0952. The monoisotopic (exact) mass is 826 g/mol. The summed E-state index contributed by atoms with van der Waals surface area (Å²) < 4.78 is 95.4. The van der Waals surface area contributed by atoms with E-state index in [4.69, 9.17) is 9.47 Å². The van der Waals surface area contributed by atoms with Gasteiger partial charge in [-0.15, -0.1) is 0 Å². The van der Waals surface area contributed by atoms with Gasteiger partial charge in [0.05, 0.1) is 29.5 Å². The molecular weight excluding hydrogens is 795 g/mol. The van der Waals surface area contributed by atoms with E-state index in [2.05, 4.69) is 9.44 Å². The first-order valence-corrected chi connectivity index (χ1v) is 20.7. The van der Waals surface area contributed by atoms with Gasteiger partial charge in [-0.25, -0.2) is 35.2 Å². The quantitative estimate of drug-likeness (QED) is 0.0663. The molecule has 0 radical (unpaired) electrons. The molecule has 0 aromatic heterocycles. The van der Waals surface area contributed by atoms with E-state index in [1.54, 1.807) is 24.3 Å². The van der Waals surface area contributed by atoms with Crippen LogP contribution in [0.3, 0.4) is 0 Å². The molecule has 0 bridgehead atoms. The highest BCUT2D eigenvalue weighted by atomic mass is 32.2. The average molecular weight is 827 g/mol. The van der Waals surface area contributed by atoms with Crippen LogP contribution in [0.2, 0.25) is 0 Å². The first kappa shape index (κ1) is 39.5. The third kappa shape index (κ3) is 9.25. The Bertz CT molecular complexity index is 2800. The molecule has 0 saturated carbocycles. The van der Waals surface area contributed by atoms with Gasteiger partial charge in [0.15, 0.2) is 0 Å². The summed E-state index contributed by atoms with van der Waals surface area (Å²) in [5, 5.41) is 20.4. The molecule has 4 N–H and O–H groups in total. The number of phenols is 1. The van der Waals surface area contributed by atoms with Gasteiger partial charge >= 0.3 is 11.9 Å². The Morgan fingerprint density at radius 1 is 0.672 bits per heavy atom. The number of sulfonamides is 2. The van der Waals surface area contributed by atoms with Gasteiger partial charge in [-0.1, -0.05) is 54.6 Å². The number of nitrogens with one attached hydrogen (secondary N) is 2. The molecule has 6 aromatic rings. The number of ether oxygens (including phenoxy) is 2. The van der Waals surface area contributed by atoms with E-state index < -0.39 is 77.8 Å². The van der Waals surface area contributed by atoms with E-state index in [0.717, 1.165) is 71.3 Å². The number of carbonyl (C=O) groups excluding carboxylic acids is 1. The predicted molar refractivity (Wildman–Crippen MR) is 212 cm³/mol. The van der Waals surface area contributed by atoms with Gasteiger partial charge in [0.1, 0.15) is 40.0 Å². The molecule has 296 valence electrons. The van der Waals surface area contributed by atoms with E-state index in [0.29, 0.717) is 23.3 Å². The lowest BCUT2D eigenvalue weighted by Gasteiger charge is -2.13. The van der Waals surface area contributed by atoms with Gasteiger partial charge in [0.2, 0.25) is 20.0 Å². The van der Waals surface area contributed by atoms with Gasteiger partial charge in [0, 0.05) is 24.1 Å². The van der Waals surface area contributed by atoms with Crippen molar-refractivity contribution in [2.45, 2.75) is 17.9 Å². The Hall–Kier alpha value is -6.78. The molecule has 1 aliphatic rings. The van der Waals surface area contributed by atoms with Gasteiger partial charge in [0.25, 0.3) is 0 Å². The molecule has 0 atom stereocenters. The number of aromatic hydroxyl groups is 1. The van der Waals surface area contributed by atoms with E-state index in [-0.39, 0.29) is 16.9 Å². The van der Waals surface area contributed by atoms with Crippen LogP contribution in [-0.4, -0.2) is 45.6 Å². The van der Waals surface area contributed by atoms with Crippen molar-refractivity contribution in [1.29, 1.82) is 0 Å². The molecule has 0 aliphatic carbocycles. The molecule has 6 aromatic carbocycles. The third-order valence-corrected chi connectivity index (χ3v) is 11.6. The molecular formula is C42H32F2N2O10S2. The number of hydrogen-bond donors (Lipinski definition) is 4. The van der Waals surface area contributed by atoms with Crippen molar-refractivity contribution in [3.63, 3.8) is 0 Å². The summed E-state index contributed by atoms with van der Waals surface area (Å²) in [5.41, 5.74) is 2.93. The first-order valence-electron chi connectivity index (χ1n) is 17.4. The maximum atomic E-state index is 14.2. The van der Waals surface area contributed by atoms with Crippen LogP contribution in [0.4, 0.5) is 20.2 Å². The van der Waals surface area contributed by atoms with E-state index in [1.807, 2.05) is 18.2 Å². The minimum atomic E-state index is -4.09. The van der Waals surface area contributed by atoms with Crippen LogP contribution in [0.5, 0.6) is 17.2 Å². The summed E-state index contributed by atoms with van der Waals surface area (Å²) in [6.45, 7) is 0.631. The van der Waals surface area contributed by atoms with Crippen LogP contribution in [0, 0.1) is 11.6 Å². The number of carboxylic acid groups (broad SMARTS) is 1. The number of carboxylic acids is 1. The van der Waals surface area contributed by atoms with Crippen molar-refractivity contribution < 1.29 is 54.9 Å². The molecule has 1 aliphatic heterocycles. The second-order valence-electron chi connectivity index (χ2n) is 13.3. The Labute approximate surface area is 331 Å². The average Bonchev–Trinajstić information content (AvgIpc) is 3.64. The number of halogens is 2. The standard InChI is InChI=1S/C42H32F2N2O10S2/c43-31-10-15-37(44)36(20-31)28-7-3-26(4-8-28)24-57(51,52)45-32-11-13-34(38(47)21-32)42(50)56-40-22-33(12-14-35(40)41(48)49)46-58(53,54)23-25-1-5-27(6-2-25)29-9-16-39-30(19-29)17-18-55-39/h1-16,19-22,45-47H,17-18,23-24H2,(H,48,49). The lowest BCUT2D eigenvalue weighted by Crippen LogP contribution is -2.17. The number of fused-ring (bicyclic) bond motifs is 1. The lowest BCUT2D eigenvalue weighted by molar-refractivity contribution is 0.0681. The smallest absolute Gasteiger partial charge is 0.347 e. The number of phenolic OH excluding ortho intramolecular Hbond substituents is 1. The van der Waals surface area contributed by atoms with Crippen LogP contribution in [-0.2, 0) is 38.0 Å². The van der Waals surface area contributed by atoms with Crippen LogP contribution in [0.25, 0.3) is 22.3 Å². The van der Waals surface area contributed by atoms with E-state index in [1.165, 1.54) is 36.4 Å². The summed E-state index contributed by atoms with van der Waals surface area (Å²) >= 11 is 0. The van der Waals surface area contributed by atoms with Gasteiger partial charge in [-0.2, -0.15) is 0 Å². The molecule has 58 heavy (non-hydrogen) atoms. The van der Waals surface area contributed by atoms with Crippen LogP contribution in [0.15, 0.2) is 121 Å². The molecule has 1 heterocycles. The van der Waals surface area contributed by atoms with Crippen LogP contribution >= 0.6 is 0 Å². The number of aromatic carboxylic acids is 1. The highest BCUT2D eigenvalue weighted by molar-refractivity contribution is 7.92. The van der Waals surface area contributed by atoms with E-state index >= 15 is 0 Å². The van der Waals surface area contributed by atoms with Gasteiger partial charge in [-0.05, 0) is 88.0 Å². The number of esters is 1. The molecule has 0 unspecified atom stereocenters. The second-order valence-corrected chi connectivity index (χ2v) is 16.7. The minimum Gasteiger partial charge on any atom is -0.507 e. The van der Waals surface area contributed by atoms with Crippen LogP contribution < -0.4 is 18.9 Å². The Kier molecular flexibility index (Phi) is 10.9. The lowest BCUT2D eigenvalue weighted by atomic mass is 10.0. The Balaban J connectivity index is 0.995. The summed E-state index contributed by atoms with van der Waals surface area (Å²) in [6.07, 6.45) is 0.815. The predicted octanol–water partition coefficient (Wildman–Crippen LogP) is 7.74. The molecule has 0 fully saturated rings. The molecule has 16 heteroatoms. The normalized spacial score (nSPS) is 12.3. The number of hydrogen-bond acceptors (Lipinski definition) is 9. The van der Waals surface area contributed by atoms with Crippen molar-refractivity contribution in [3.05, 3.63) is 161 Å². The summed E-state index contributed by atoms with van der Waals surface area (Å²) in [7, 11) is -8.13. The maximum Gasteiger partial charge on any atom is 0.347 e. The van der Waals surface area contributed by atoms with Crippen molar-refractivity contribution in [2.24, 2.45) is 0 Å². The van der Waals surface area contributed by atoms with Crippen molar-refractivity contribution in [2.75, 3.05) is 16.1 Å². The number of carbonyl (C=O) groups is 2. The fourth-order valence-corrected chi connectivity index (χ4v) is 8.68. The number of anilines is 2. The summed E-state index contributed by atoms with van der Waals surface area (Å²) in [5.74, 6) is -5.33. The number of benzene rings is 6. The topological polar surface area (TPSA) is 185 Å². The molecule has 0 spiro atoms. The third-order valence-electron chi connectivity index (χ3n) is 9.06. The largest absolute Gasteiger partial charge is 0.507 e. The zero-order valence-corrected chi connectivity index (χ0v) is 31.7. The SMILES string of the molecule is O=C(Oc1cc(NS(=O)(=O)Cc2ccc(-c3ccc4c(c3)CCO4)cc2)ccc1C(=O)O)c1ccc(NS(=O)(=O)Cc2ccc(-c3cc(F)ccc3F)cc2)cc1O. The van der Waals surface area contributed by atoms with Crippen molar-refractivity contribution >= 4 is 43.4 Å². The molecule has 12 nitrogen and oxygen atoms in total. The molecule has 7 rings (SSSR count). The second kappa shape index (κ2) is 16.0. The fourth-order valence-electron chi connectivity index (χ4n) is 6.30. The van der Waals surface area contributed by atoms with Gasteiger partial charge in [-0.3, -0.25) is 9.44 Å². The zero-order chi connectivity index (χ0) is 41.2. The highest BCUT2D eigenvalue weighted by Gasteiger charge is 2.22. The highest BCUT2D eigenvalue weighted by Crippen LogP contribution is 2.32. The zero-order valence-electron chi connectivity index (χ0n) is 30.1. The van der Waals surface area contributed by atoms with E-state index in [9.17, 15) is 45.4 Å². The summed E-state index contributed by atoms with van der Waals surface area (Å²) in [4.78, 5) is 25.1. The first-order chi connectivity index (χ1) is 27.6. The maximum absolute atomic E-state index is 14.2. The molecule has 0 amide bonds. The Morgan fingerprint density at radius 3 is 1.88 bits per heavy atom. The minimum absolute atomic E-state index is 0.00844. The van der Waals surface area contributed by atoms with Crippen molar-refractivity contribution in [1.82, 2.24) is 0 Å². The van der Waals surface area contributed by atoms with Crippen molar-refractivity contribution in [3.8, 4) is 39.5 Å². The summed E-state index contributed by atoms with van der Waals surface area (Å²) in [6, 6.07) is 28.0. The van der Waals surface area contributed by atoms with Gasteiger partial charge < -0.3 is 19.7 Å². The molecule has 0 saturated heterocycles. The van der Waals surface area contributed by atoms with Crippen LogP contribution in [0.1, 0.15) is 37.4 Å². The number of rotatable bonds is 13. The Morgan fingerprint density at radius 2 is 1.26 bits per heavy atom.